The van der Waals surface area contributed by atoms with E-state index in [0.29, 0.717) is 24.0 Å². The van der Waals surface area contributed by atoms with Crippen molar-refractivity contribution in [3.05, 3.63) is 35.7 Å². The summed E-state index contributed by atoms with van der Waals surface area (Å²) in [4.78, 5) is 12.0. The molecule has 1 fully saturated rings. The summed E-state index contributed by atoms with van der Waals surface area (Å²) in [6.45, 7) is 1.93. The van der Waals surface area contributed by atoms with E-state index < -0.39 is 9.84 Å². The fraction of sp³-hybridized carbons (Fsp3) is 0.438. The zero-order valence-electron chi connectivity index (χ0n) is 13.8. The predicted octanol–water partition coefficient (Wildman–Crippen LogP) is 2.09. The molecule has 0 radical (unpaired) electrons. The van der Waals surface area contributed by atoms with Crippen molar-refractivity contribution in [2.45, 2.75) is 25.0 Å². The lowest BCUT2D eigenvalue weighted by Gasteiger charge is -2.06. The molecule has 25 heavy (non-hydrogen) atoms. The van der Waals surface area contributed by atoms with Gasteiger partial charge in [0.1, 0.15) is 0 Å². The van der Waals surface area contributed by atoms with Crippen molar-refractivity contribution in [1.82, 2.24) is 10.2 Å². The Morgan fingerprint density at radius 1 is 1.36 bits per heavy atom. The van der Waals surface area contributed by atoms with E-state index in [0.717, 1.165) is 23.0 Å². The molecule has 1 aromatic carbocycles. The van der Waals surface area contributed by atoms with Crippen molar-refractivity contribution < 1.29 is 17.6 Å². The summed E-state index contributed by atoms with van der Waals surface area (Å²) in [7, 11) is -2.91. The first-order valence-corrected chi connectivity index (χ1v) is 10.7. The molecule has 0 bridgehead atoms. The molecule has 0 spiro atoms. The molecule has 1 aliphatic heterocycles. The van der Waals surface area contributed by atoms with Gasteiger partial charge in [0.15, 0.2) is 9.84 Å². The maximum atomic E-state index is 12.0. The number of anilines is 1. The lowest BCUT2D eigenvalue weighted by Crippen LogP contribution is -2.14. The van der Waals surface area contributed by atoms with Gasteiger partial charge in [-0.05, 0) is 30.9 Å². The van der Waals surface area contributed by atoms with Crippen LogP contribution in [0.3, 0.4) is 0 Å². The molecular weight excluding hydrogens is 362 g/mol. The van der Waals surface area contributed by atoms with Gasteiger partial charge in [-0.1, -0.05) is 30.0 Å². The molecule has 1 aromatic heterocycles. The van der Waals surface area contributed by atoms with Gasteiger partial charge in [0.2, 0.25) is 11.8 Å². The van der Waals surface area contributed by atoms with Crippen molar-refractivity contribution in [2.75, 3.05) is 22.6 Å². The van der Waals surface area contributed by atoms with E-state index in [-0.39, 0.29) is 29.1 Å². The molecule has 0 unspecified atom stereocenters. The highest BCUT2D eigenvalue weighted by atomic mass is 32.2. The molecule has 134 valence electrons. The molecule has 1 N–H and O–H groups in total. The Morgan fingerprint density at radius 2 is 2.16 bits per heavy atom. The first-order valence-electron chi connectivity index (χ1n) is 7.92. The van der Waals surface area contributed by atoms with Crippen LogP contribution in [0.25, 0.3) is 0 Å². The van der Waals surface area contributed by atoms with Crippen LogP contribution in [0.1, 0.15) is 17.9 Å². The monoisotopic (exact) mass is 381 g/mol. The highest BCUT2D eigenvalue weighted by molar-refractivity contribution is 7.99. The fourth-order valence-corrected chi connectivity index (χ4v) is 5.13. The van der Waals surface area contributed by atoms with E-state index in [1.165, 1.54) is 0 Å². The number of para-hydroxylation sites is 1. The Morgan fingerprint density at radius 3 is 2.88 bits per heavy atom. The van der Waals surface area contributed by atoms with Gasteiger partial charge in [0.25, 0.3) is 5.22 Å². The van der Waals surface area contributed by atoms with Crippen LogP contribution >= 0.6 is 11.8 Å². The summed E-state index contributed by atoms with van der Waals surface area (Å²) in [5, 5.41) is 11.0. The van der Waals surface area contributed by atoms with Gasteiger partial charge >= 0.3 is 0 Å². The largest absolute Gasteiger partial charge is 0.416 e. The van der Waals surface area contributed by atoms with Crippen molar-refractivity contribution in [2.24, 2.45) is 5.92 Å². The van der Waals surface area contributed by atoms with Crippen LogP contribution < -0.4 is 5.32 Å². The third-order valence-electron chi connectivity index (χ3n) is 3.98. The van der Waals surface area contributed by atoms with Gasteiger partial charge in [-0.3, -0.25) is 4.79 Å². The number of hydrogen-bond donors (Lipinski definition) is 1. The van der Waals surface area contributed by atoms with Gasteiger partial charge in [0, 0.05) is 12.1 Å². The van der Waals surface area contributed by atoms with Gasteiger partial charge < -0.3 is 9.73 Å². The smallest absolute Gasteiger partial charge is 0.277 e. The number of carbonyl (C=O) groups excluding carboxylic acids is 1. The van der Waals surface area contributed by atoms with E-state index >= 15 is 0 Å². The lowest BCUT2D eigenvalue weighted by molar-refractivity contribution is -0.113. The Kier molecular flexibility index (Phi) is 5.43. The van der Waals surface area contributed by atoms with Crippen molar-refractivity contribution in [1.29, 1.82) is 0 Å². The highest BCUT2D eigenvalue weighted by Gasteiger charge is 2.29. The minimum absolute atomic E-state index is 0.0349. The second-order valence-corrected chi connectivity index (χ2v) is 9.24. The van der Waals surface area contributed by atoms with E-state index in [9.17, 15) is 13.2 Å². The number of aryl methyl sites for hydroxylation is 1. The van der Waals surface area contributed by atoms with Crippen LogP contribution in [0.15, 0.2) is 33.9 Å². The van der Waals surface area contributed by atoms with Crippen LogP contribution in [0, 0.1) is 12.8 Å². The van der Waals surface area contributed by atoms with Crippen molar-refractivity contribution in [3.63, 3.8) is 0 Å². The average molecular weight is 381 g/mol. The summed E-state index contributed by atoms with van der Waals surface area (Å²) >= 11 is 1.16. The highest BCUT2D eigenvalue weighted by Crippen LogP contribution is 2.24. The Hall–Kier alpha value is -1.87. The second-order valence-electron chi connectivity index (χ2n) is 6.09. The summed E-state index contributed by atoms with van der Waals surface area (Å²) in [5.41, 5.74) is 1.77. The standard InChI is InChI=1S/C16H19N3O4S2/c1-11-4-2-3-5-13(11)17-14(20)9-24-16-19-18-15(23-16)8-12-6-7-25(21,22)10-12/h2-5,12H,6-10H2,1H3,(H,17,20)/t12-/m1/s1. The van der Waals surface area contributed by atoms with Crippen LogP contribution in [0.5, 0.6) is 0 Å². The molecule has 2 heterocycles. The summed E-state index contributed by atoms with van der Waals surface area (Å²) in [6, 6.07) is 7.55. The molecule has 0 aliphatic carbocycles. The van der Waals surface area contributed by atoms with E-state index in [2.05, 4.69) is 15.5 Å². The maximum absolute atomic E-state index is 12.0. The summed E-state index contributed by atoms with van der Waals surface area (Å²) < 4.78 is 28.4. The number of aromatic nitrogens is 2. The van der Waals surface area contributed by atoms with E-state index in [1.54, 1.807) is 0 Å². The quantitative estimate of drug-likeness (QED) is 0.764. The minimum Gasteiger partial charge on any atom is -0.416 e. The number of amides is 1. The second kappa shape index (κ2) is 7.57. The molecule has 1 atom stereocenters. The van der Waals surface area contributed by atoms with E-state index in [1.807, 2.05) is 31.2 Å². The number of carbonyl (C=O) groups is 1. The molecule has 1 aliphatic rings. The van der Waals surface area contributed by atoms with Gasteiger partial charge in [-0.15, -0.1) is 10.2 Å². The Balaban J connectivity index is 1.48. The lowest BCUT2D eigenvalue weighted by atomic mass is 10.1. The van der Waals surface area contributed by atoms with Crippen molar-refractivity contribution in [3.8, 4) is 0 Å². The van der Waals surface area contributed by atoms with Gasteiger partial charge in [-0.2, -0.15) is 0 Å². The molecule has 1 saturated heterocycles. The van der Waals surface area contributed by atoms with Crippen LogP contribution in [-0.4, -0.2) is 41.8 Å². The predicted molar refractivity (Wildman–Crippen MR) is 95.3 cm³/mol. The molecule has 9 heteroatoms. The van der Waals surface area contributed by atoms with Crippen molar-refractivity contribution >= 4 is 33.2 Å². The summed E-state index contributed by atoms with van der Waals surface area (Å²) in [5.74, 6) is 0.870. The van der Waals surface area contributed by atoms with Crippen LogP contribution in [-0.2, 0) is 21.1 Å². The summed E-state index contributed by atoms with van der Waals surface area (Å²) in [6.07, 6.45) is 1.09. The SMILES string of the molecule is Cc1ccccc1NC(=O)CSc1nnc(C[C@H]2CCS(=O)(=O)C2)o1. The molecule has 2 aromatic rings. The third-order valence-corrected chi connectivity index (χ3v) is 6.64. The van der Waals surface area contributed by atoms with Crippen LogP contribution in [0.4, 0.5) is 5.69 Å². The maximum Gasteiger partial charge on any atom is 0.277 e. The number of benzene rings is 1. The number of nitrogens with one attached hydrogen (secondary N) is 1. The molecule has 1 amide bonds. The van der Waals surface area contributed by atoms with E-state index in [4.69, 9.17) is 4.42 Å². The number of thioether (sulfide) groups is 1. The Bertz CT molecular complexity index is 864. The molecule has 7 nitrogen and oxygen atoms in total. The number of rotatable bonds is 6. The minimum atomic E-state index is -2.91. The number of sulfone groups is 1. The van der Waals surface area contributed by atoms with Crippen LogP contribution in [0.2, 0.25) is 0 Å². The normalized spacial score (nSPS) is 19.0. The zero-order valence-corrected chi connectivity index (χ0v) is 15.4. The number of hydrogen-bond acceptors (Lipinski definition) is 7. The van der Waals surface area contributed by atoms with Gasteiger partial charge in [-0.25, -0.2) is 8.42 Å². The third kappa shape index (κ3) is 5.05. The average Bonchev–Trinajstić information content (AvgIpc) is 3.14. The first kappa shape index (κ1) is 17.9. The fourth-order valence-electron chi connectivity index (χ4n) is 2.69. The molecule has 3 rings (SSSR count). The number of nitrogens with zero attached hydrogens (tertiary/aromatic N) is 2. The zero-order chi connectivity index (χ0) is 17.9. The van der Waals surface area contributed by atoms with Gasteiger partial charge in [0.05, 0.1) is 17.3 Å². The molecular formula is C16H19N3O4S2. The molecule has 0 saturated carbocycles. The topological polar surface area (TPSA) is 102 Å². The first-order chi connectivity index (χ1) is 11.9. The Labute approximate surface area is 150 Å².